The molecule has 0 N–H and O–H groups in total. The van der Waals surface area contributed by atoms with Gasteiger partial charge in [-0.1, -0.05) is 20.8 Å². The SMILES string of the molecule is CCCN(C(=S)N(CCN(CC)CC)[Si](OCC)(OCC)OCC)[Si](OCC)(OCC)OCC. The van der Waals surface area contributed by atoms with E-state index in [9.17, 15) is 0 Å². The van der Waals surface area contributed by atoms with Crippen LogP contribution in [0.2, 0.25) is 0 Å². The predicted octanol–water partition coefficient (Wildman–Crippen LogP) is 3.72. The largest absolute Gasteiger partial charge is 0.635 e. The van der Waals surface area contributed by atoms with Crippen molar-refractivity contribution < 1.29 is 26.6 Å². The number of likely N-dealkylation sites (N-methyl/N-ethyl adjacent to an activating group) is 1. The van der Waals surface area contributed by atoms with E-state index < -0.39 is 17.9 Å². The van der Waals surface area contributed by atoms with Crippen LogP contribution in [0.4, 0.5) is 0 Å². The Morgan fingerprint density at radius 1 is 0.529 bits per heavy atom. The summed E-state index contributed by atoms with van der Waals surface area (Å²) in [7, 11) is -6.64. The highest BCUT2D eigenvalue weighted by Gasteiger charge is 2.57. The minimum absolute atomic E-state index is 0.454. The van der Waals surface area contributed by atoms with Crippen LogP contribution in [-0.2, 0) is 26.6 Å². The van der Waals surface area contributed by atoms with Crippen molar-refractivity contribution in [2.24, 2.45) is 0 Å². The molecule has 0 rings (SSSR count). The third kappa shape index (κ3) is 9.71. The first-order chi connectivity index (χ1) is 16.3. The van der Waals surface area contributed by atoms with Crippen molar-refractivity contribution in [3.63, 3.8) is 0 Å². The average Bonchev–Trinajstić information content (AvgIpc) is 2.81. The summed E-state index contributed by atoms with van der Waals surface area (Å²) in [6.45, 7) is 24.8. The van der Waals surface area contributed by atoms with Crippen molar-refractivity contribution in [3.8, 4) is 0 Å². The van der Waals surface area contributed by atoms with Gasteiger partial charge >= 0.3 is 17.9 Å². The van der Waals surface area contributed by atoms with Crippen molar-refractivity contribution in [2.45, 2.75) is 68.7 Å². The first kappa shape index (κ1) is 33.8. The second kappa shape index (κ2) is 19.0. The van der Waals surface area contributed by atoms with Crippen LogP contribution in [0.25, 0.3) is 0 Å². The molecule has 12 heteroatoms. The molecule has 0 fully saturated rings. The van der Waals surface area contributed by atoms with E-state index in [-0.39, 0.29) is 0 Å². The van der Waals surface area contributed by atoms with Gasteiger partial charge in [0.1, 0.15) is 0 Å². The van der Waals surface area contributed by atoms with Gasteiger partial charge in [-0.15, -0.1) is 0 Å². The standard InChI is InChI=1S/C22H51N3O6SSi2/c1-10-19-24(33(26-13-4,27-14-5)28-15-6)22(32)25(21-20-23(11-2)12-3)34(29-16-7,30-17-8)31-18-9/h10-21H2,1-9H3. The van der Waals surface area contributed by atoms with E-state index in [0.717, 1.165) is 26.1 Å². The molecule has 9 nitrogen and oxygen atoms in total. The van der Waals surface area contributed by atoms with E-state index in [1.165, 1.54) is 0 Å². The van der Waals surface area contributed by atoms with Gasteiger partial charge in [0, 0.05) is 59.3 Å². The Morgan fingerprint density at radius 2 is 0.853 bits per heavy atom. The number of nitrogens with zero attached hydrogens (tertiary/aromatic N) is 3. The highest BCUT2D eigenvalue weighted by molar-refractivity contribution is 7.80. The first-order valence-electron chi connectivity index (χ1n) is 13.0. The van der Waals surface area contributed by atoms with E-state index in [0.29, 0.717) is 57.8 Å². The fourth-order valence-electron chi connectivity index (χ4n) is 3.66. The molecule has 0 bridgehead atoms. The number of rotatable bonds is 21. The molecule has 0 aromatic rings. The van der Waals surface area contributed by atoms with Gasteiger partial charge in [0.25, 0.3) is 0 Å². The van der Waals surface area contributed by atoms with Crippen LogP contribution >= 0.6 is 12.2 Å². The molecule has 0 saturated carbocycles. The normalized spacial score (nSPS) is 12.4. The fraction of sp³-hybridized carbons (Fsp3) is 0.955. The Kier molecular flexibility index (Phi) is 18.9. The average molecular weight is 542 g/mol. The third-order valence-corrected chi connectivity index (χ3v) is 11.9. The Hall–Kier alpha value is -0.156. The van der Waals surface area contributed by atoms with E-state index in [1.54, 1.807) is 0 Å². The molecule has 0 spiro atoms. The maximum absolute atomic E-state index is 6.29. The number of hydrogen-bond donors (Lipinski definition) is 0. The third-order valence-electron chi connectivity index (χ3n) is 5.06. The van der Waals surface area contributed by atoms with Gasteiger partial charge in [-0.2, -0.15) is 0 Å². The Balaban J connectivity index is 6.65. The van der Waals surface area contributed by atoms with Crippen molar-refractivity contribution in [2.75, 3.05) is 72.4 Å². The van der Waals surface area contributed by atoms with Crippen LogP contribution < -0.4 is 0 Å². The van der Waals surface area contributed by atoms with Gasteiger partial charge < -0.3 is 40.6 Å². The van der Waals surface area contributed by atoms with Gasteiger partial charge in [0.05, 0.1) is 0 Å². The molecule has 0 unspecified atom stereocenters. The van der Waals surface area contributed by atoms with Gasteiger partial charge in [0.15, 0.2) is 5.11 Å². The first-order valence-corrected chi connectivity index (χ1v) is 16.8. The second-order valence-electron chi connectivity index (χ2n) is 7.26. The van der Waals surface area contributed by atoms with Gasteiger partial charge in [-0.3, -0.25) is 0 Å². The summed E-state index contributed by atoms with van der Waals surface area (Å²) < 4.78 is 41.7. The summed E-state index contributed by atoms with van der Waals surface area (Å²) in [6.07, 6.45) is 0.846. The van der Waals surface area contributed by atoms with Gasteiger partial charge in [-0.05, 0) is 73.3 Å². The number of thiocarbonyl (C=S) groups is 1. The molecule has 0 atom stereocenters. The molecule has 0 aliphatic rings. The molecular weight excluding hydrogens is 490 g/mol. The molecule has 0 radical (unpaired) electrons. The van der Waals surface area contributed by atoms with Crippen LogP contribution in [0.15, 0.2) is 0 Å². The summed E-state index contributed by atoms with van der Waals surface area (Å²) in [5.74, 6) is 0. The maximum atomic E-state index is 6.29. The van der Waals surface area contributed by atoms with Crippen molar-refractivity contribution in [1.29, 1.82) is 0 Å². The highest BCUT2D eigenvalue weighted by Crippen LogP contribution is 2.24. The highest BCUT2D eigenvalue weighted by atomic mass is 32.1. The number of hydrogen-bond acceptors (Lipinski definition) is 8. The maximum Gasteiger partial charge on any atom is 0.635 e. The quantitative estimate of drug-likeness (QED) is 0.159. The second-order valence-corrected chi connectivity index (χ2v) is 12.5. The van der Waals surface area contributed by atoms with E-state index in [2.05, 4.69) is 25.7 Å². The van der Waals surface area contributed by atoms with Crippen LogP contribution in [0.5, 0.6) is 0 Å². The van der Waals surface area contributed by atoms with Gasteiger partial charge in [0.2, 0.25) is 0 Å². The predicted molar refractivity (Wildman–Crippen MR) is 145 cm³/mol. The Morgan fingerprint density at radius 3 is 1.12 bits per heavy atom. The molecule has 0 amide bonds. The molecule has 0 aliphatic carbocycles. The van der Waals surface area contributed by atoms with Crippen molar-refractivity contribution in [1.82, 2.24) is 14.0 Å². The molecule has 34 heavy (non-hydrogen) atoms. The lowest BCUT2D eigenvalue weighted by molar-refractivity contribution is 0.0199. The zero-order valence-corrected chi connectivity index (χ0v) is 26.0. The topological polar surface area (TPSA) is 65.1 Å². The Bertz CT molecular complexity index is 501. The van der Waals surface area contributed by atoms with Crippen molar-refractivity contribution >= 4 is 35.3 Å². The lowest BCUT2D eigenvalue weighted by atomic mass is 10.4. The van der Waals surface area contributed by atoms with Crippen LogP contribution in [-0.4, -0.2) is 109 Å². The van der Waals surface area contributed by atoms with E-state index >= 15 is 0 Å². The molecule has 204 valence electrons. The minimum atomic E-state index is -3.34. The van der Waals surface area contributed by atoms with E-state index in [1.807, 2.05) is 50.7 Å². The van der Waals surface area contributed by atoms with E-state index in [4.69, 9.17) is 38.8 Å². The fourth-order valence-corrected chi connectivity index (χ4v) is 9.82. The van der Waals surface area contributed by atoms with Crippen LogP contribution in [0.3, 0.4) is 0 Å². The molecule has 0 heterocycles. The smallest absolute Gasteiger partial charge is 0.357 e. The zero-order valence-electron chi connectivity index (χ0n) is 23.2. The van der Waals surface area contributed by atoms with Crippen LogP contribution in [0, 0.1) is 0 Å². The summed E-state index contributed by atoms with van der Waals surface area (Å²) >= 11 is 6.19. The van der Waals surface area contributed by atoms with Crippen LogP contribution in [0.1, 0.15) is 68.7 Å². The molecule has 0 saturated heterocycles. The molecule has 0 aromatic carbocycles. The van der Waals surface area contributed by atoms with Crippen molar-refractivity contribution in [3.05, 3.63) is 0 Å². The summed E-state index contributed by atoms with van der Waals surface area (Å²) in [5.41, 5.74) is 0. The molecular formula is C22H51N3O6SSi2. The zero-order chi connectivity index (χ0) is 26.0. The Labute approximate surface area is 216 Å². The lowest BCUT2D eigenvalue weighted by Crippen LogP contribution is -2.72. The summed E-state index contributed by atoms with van der Waals surface area (Å²) in [5, 5.41) is 0.540. The minimum Gasteiger partial charge on any atom is -0.357 e. The molecule has 0 aromatic heterocycles. The summed E-state index contributed by atoms with van der Waals surface area (Å²) in [6, 6.07) is 0. The lowest BCUT2D eigenvalue weighted by Gasteiger charge is -2.46. The molecule has 0 aliphatic heterocycles. The monoisotopic (exact) mass is 541 g/mol. The summed E-state index contributed by atoms with van der Waals surface area (Å²) in [4.78, 5) is 2.35. The van der Waals surface area contributed by atoms with Gasteiger partial charge in [-0.25, -0.2) is 0 Å².